The second-order valence-electron chi connectivity index (χ2n) is 16.6. The van der Waals surface area contributed by atoms with Crippen LogP contribution in [-0.4, -0.2) is 63.2 Å². The molecule has 9 nitrogen and oxygen atoms in total. The number of esters is 1. The smallest absolute Gasteiger partial charge is 0.305 e. The summed E-state index contributed by atoms with van der Waals surface area (Å²) >= 11 is 0. The van der Waals surface area contributed by atoms with Gasteiger partial charge in [-0.1, -0.05) is 143 Å². The highest BCUT2D eigenvalue weighted by Gasteiger charge is 2.19. The van der Waals surface area contributed by atoms with Crippen molar-refractivity contribution in [3.63, 3.8) is 0 Å². The molecule has 0 aliphatic rings. The molecule has 0 aliphatic carbocycles. The standard InChI is InChI=1S/C47H88N4O5/c1-6-10-20-29-40(30-21-11-7-2)33-38-55-42(48)31-22-16-14-18-24-35-51(37-26-34-50-45-44(49-5)46(53)47(45)54)36-25-19-15-17-23-32-43(52)56-39-41(27-12-8-3)28-13-9-4/h40-41,48-50H,6-39H2,1-5H3. The van der Waals surface area contributed by atoms with Crippen molar-refractivity contribution < 1.29 is 14.3 Å². The van der Waals surface area contributed by atoms with Crippen molar-refractivity contribution in [1.82, 2.24) is 4.90 Å². The van der Waals surface area contributed by atoms with Gasteiger partial charge >= 0.3 is 5.97 Å². The van der Waals surface area contributed by atoms with E-state index in [2.05, 4.69) is 43.2 Å². The molecule has 1 aromatic rings. The van der Waals surface area contributed by atoms with E-state index in [1.54, 1.807) is 7.05 Å². The molecule has 56 heavy (non-hydrogen) atoms. The van der Waals surface area contributed by atoms with Crippen molar-refractivity contribution in [2.75, 3.05) is 57.1 Å². The van der Waals surface area contributed by atoms with Gasteiger partial charge in [-0.05, 0) is 82.8 Å². The monoisotopic (exact) mass is 789 g/mol. The predicted molar refractivity (Wildman–Crippen MR) is 239 cm³/mol. The maximum absolute atomic E-state index is 12.4. The molecular weight excluding hydrogens is 701 g/mol. The maximum atomic E-state index is 12.4. The second-order valence-corrected chi connectivity index (χ2v) is 16.6. The summed E-state index contributed by atoms with van der Waals surface area (Å²) in [6.45, 7) is 14.0. The SMILES string of the molecule is CCCCCC(CCCCC)CCOC(=N)CCCCCCCN(CCCCCCCC(=O)OCC(CCCC)CCCC)CCCNc1c(NC)c(=O)c1=O. The van der Waals surface area contributed by atoms with Gasteiger partial charge in [-0.25, -0.2) is 0 Å². The lowest BCUT2D eigenvalue weighted by molar-refractivity contribution is -0.145. The number of carbonyl (C=O) groups is 1. The van der Waals surface area contributed by atoms with Crippen LogP contribution in [0.5, 0.6) is 0 Å². The van der Waals surface area contributed by atoms with Crippen molar-refractivity contribution >= 4 is 23.2 Å². The second kappa shape index (κ2) is 35.7. The Kier molecular flexibility index (Phi) is 32.9. The number of nitrogens with one attached hydrogen (secondary N) is 3. The average molecular weight is 789 g/mol. The highest BCUT2D eigenvalue weighted by molar-refractivity contribution is 5.73. The van der Waals surface area contributed by atoms with Crippen LogP contribution in [0, 0.1) is 17.2 Å². The highest BCUT2D eigenvalue weighted by atomic mass is 16.5. The minimum Gasteiger partial charge on any atom is -0.481 e. The molecule has 0 saturated carbocycles. The number of hydrogen-bond acceptors (Lipinski definition) is 9. The maximum Gasteiger partial charge on any atom is 0.305 e. The lowest BCUT2D eigenvalue weighted by Crippen LogP contribution is -2.37. The number of ether oxygens (including phenoxy) is 2. The van der Waals surface area contributed by atoms with Crippen LogP contribution in [0.25, 0.3) is 0 Å². The Balaban J connectivity index is 2.35. The van der Waals surface area contributed by atoms with Crippen molar-refractivity contribution in [2.45, 2.75) is 207 Å². The lowest BCUT2D eigenvalue weighted by atomic mass is 9.92. The van der Waals surface area contributed by atoms with Gasteiger partial charge in [-0.2, -0.15) is 0 Å². The molecule has 0 aromatic heterocycles. The van der Waals surface area contributed by atoms with Crippen molar-refractivity contribution in [3.05, 3.63) is 20.4 Å². The molecule has 0 amide bonds. The van der Waals surface area contributed by atoms with Crippen LogP contribution in [-0.2, 0) is 14.3 Å². The van der Waals surface area contributed by atoms with Crippen LogP contribution in [0.1, 0.15) is 207 Å². The van der Waals surface area contributed by atoms with E-state index in [1.807, 2.05) is 0 Å². The molecule has 0 unspecified atom stereocenters. The van der Waals surface area contributed by atoms with Crippen molar-refractivity contribution in [2.24, 2.45) is 11.8 Å². The van der Waals surface area contributed by atoms with E-state index in [0.717, 1.165) is 109 Å². The summed E-state index contributed by atoms with van der Waals surface area (Å²) < 4.78 is 11.5. The number of anilines is 2. The largest absolute Gasteiger partial charge is 0.481 e. The molecule has 0 radical (unpaired) electrons. The van der Waals surface area contributed by atoms with Gasteiger partial charge < -0.3 is 25.0 Å². The Morgan fingerprint density at radius 3 is 1.64 bits per heavy atom. The summed E-state index contributed by atoms with van der Waals surface area (Å²) in [4.78, 5) is 38.6. The van der Waals surface area contributed by atoms with E-state index >= 15 is 0 Å². The van der Waals surface area contributed by atoms with Gasteiger partial charge in [-0.15, -0.1) is 0 Å². The van der Waals surface area contributed by atoms with Gasteiger partial charge in [0.05, 0.1) is 13.2 Å². The zero-order chi connectivity index (χ0) is 41.1. The normalized spacial score (nSPS) is 11.6. The predicted octanol–water partition coefficient (Wildman–Crippen LogP) is 11.8. The van der Waals surface area contributed by atoms with E-state index in [0.29, 0.717) is 49.4 Å². The van der Waals surface area contributed by atoms with Crippen LogP contribution in [0.2, 0.25) is 0 Å². The summed E-state index contributed by atoms with van der Waals surface area (Å²) in [5.41, 5.74) is -0.0354. The van der Waals surface area contributed by atoms with Crippen molar-refractivity contribution in [3.8, 4) is 0 Å². The summed E-state index contributed by atoms with van der Waals surface area (Å²) in [6, 6.07) is 0. The molecule has 0 atom stereocenters. The third-order valence-corrected chi connectivity index (χ3v) is 11.5. The summed E-state index contributed by atoms with van der Waals surface area (Å²) in [6.07, 6.45) is 31.9. The fourth-order valence-electron chi connectivity index (χ4n) is 7.74. The molecule has 326 valence electrons. The number of hydrogen-bond donors (Lipinski definition) is 3. The average Bonchev–Trinajstić information content (AvgIpc) is 3.20. The molecule has 0 aliphatic heterocycles. The molecule has 0 spiro atoms. The first-order chi connectivity index (χ1) is 27.3. The van der Waals surface area contributed by atoms with E-state index < -0.39 is 10.9 Å². The van der Waals surface area contributed by atoms with Gasteiger partial charge in [-0.3, -0.25) is 19.8 Å². The molecule has 9 heteroatoms. The minimum atomic E-state index is -0.434. The van der Waals surface area contributed by atoms with Crippen LogP contribution in [0.4, 0.5) is 11.4 Å². The molecule has 0 heterocycles. The topological polar surface area (TPSA) is 121 Å². The Morgan fingerprint density at radius 2 is 1.07 bits per heavy atom. The number of unbranched alkanes of at least 4 members (excludes halogenated alkanes) is 14. The number of carbonyl (C=O) groups excluding carboxylic acids is 1. The minimum absolute atomic E-state index is 0.0327. The first kappa shape index (κ1) is 51.6. The fourth-order valence-corrected chi connectivity index (χ4v) is 7.74. The summed E-state index contributed by atoms with van der Waals surface area (Å²) in [7, 11) is 1.67. The van der Waals surface area contributed by atoms with E-state index in [1.165, 1.54) is 89.9 Å². The Morgan fingerprint density at radius 1 is 0.571 bits per heavy atom. The van der Waals surface area contributed by atoms with Crippen LogP contribution < -0.4 is 21.5 Å². The molecule has 0 bridgehead atoms. The van der Waals surface area contributed by atoms with Crippen LogP contribution >= 0.6 is 0 Å². The molecule has 1 rings (SSSR count). The van der Waals surface area contributed by atoms with Crippen LogP contribution in [0.15, 0.2) is 9.59 Å². The Bertz CT molecular complexity index is 1150. The molecule has 3 N–H and O–H groups in total. The zero-order valence-corrected chi connectivity index (χ0v) is 37.2. The zero-order valence-electron chi connectivity index (χ0n) is 37.2. The molecule has 0 saturated heterocycles. The summed E-state index contributed by atoms with van der Waals surface area (Å²) in [5, 5.41) is 14.3. The van der Waals surface area contributed by atoms with Crippen LogP contribution in [0.3, 0.4) is 0 Å². The molecular formula is C47H88N4O5. The highest BCUT2D eigenvalue weighted by Crippen LogP contribution is 2.22. The quantitative estimate of drug-likeness (QED) is 0.0197. The van der Waals surface area contributed by atoms with Gasteiger partial charge in [0.25, 0.3) is 10.9 Å². The van der Waals surface area contributed by atoms with Gasteiger partial charge in [0.15, 0.2) is 5.90 Å². The number of rotatable bonds is 41. The first-order valence-corrected chi connectivity index (χ1v) is 23.6. The van der Waals surface area contributed by atoms with E-state index in [-0.39, 0.29) is 5.97 Å². The van der Waals surface area contributed by atoms with Crippen molar-refractivity contribution in [1.29, 1.82) is 5.41 Å². The molecule has 1 aromatic carbocycles. The Labute approximate surface area is 343 Å². The number of nitrogens with zero attached hydrogens (tertiary/aromatic N) is 1. The fraction of sp³-hybridized carbons (Fsp3) is 0.872. The third kappa shape index (κ3) is 25.8. The van der Waals surface area contributed by atoms with Gasteiger partial charge in [0.2, 0.25) is 0 Å². The Hall–Kier alpha value is -2.42. The lowest BCUT2D eigenvalue weighted by Gasteiger charge is -2.23. The first-order valence-electron chi connectivity index (χ1n) is 23.6. The van der Waals surface area contributed by atoms with E-state index in [9.17, 15) is 14.4 Å². The third-order valence-electron chi connectivity index (χ3n) is 11.5. The van der Waals surface area contributed by atoms with Gasteiger partial charge in [0.1, 0.15) is 11.4 Å². The van der Waals surface area contributed by atoms with E-state index in [4.69, 9.17) is 14.9 Å². The van der Waals surface area contributed by atoms with Gasteiger partial charge in [0, 0.05) is 26.4 Å². The summed E-state index contributed by atoms with van der Waals surface area (Å²) in [5.74, 6) is 1.69. The molecule has 0 fully saturated rings.